The van der Waals surface area contributed by atoms with E-state index in [-0.39, 0.29) is 0 Å². The maximum Gasteiger partial charge on any atom is 0.390 e. The number of carbonyl (C=O) groups excluding carboxylic acids is 6. The molecular weight excluding hydrogens is 390 g/mol. The molecule has 0 aromatic carbocycles. The minimum absolute atomic E-state index is 0.417. The second-order valence-electron chi connectivity index (χ2n) is 2.18. The second-order valence-corrected chi connectivity index (χ2v) is 4.28. The first-order chi connectivity index (χ1) is 11.4. The maximum atomic E-state index is 10.0. The van der Waals surface area contributed by atoms with E-state index >= 15 is 0 Å². The Kier molecular flexibility index (Phi) is 25.3. The van der Waals surface area contributed by atoms with Crippen molar-refractivity contribution >= 4 is 70.0 Å². The number of carbonyl (C=O) groups is 3. The van der Waals surface area contributed by atoms with Gasteiger partial charge in [0.2, 0.25) is 18.2 Å². The van der Waals surface area contributed by atoms with E-state index in [1.165, 1.54) is 39.6 Å². The molecular formula is C9H9N3O9S3. The number of hydrogen-bond donors (Lipinski definition) is 0. The van der Waals surface area contributed by atoms with Gasteiger partial charge in [-0.15, -0.1) is 13.2 Å². The standard InChI is InChI=1S/3C3H3NO3S/c3*1-7-3(6)8-4-2-5/h3*1H3. The van der Waals surface area contributed by atoms with Gasteiger partial charge in [0.25, 0.3) is 0 Å². The van der Waals surface area contributed by atoms with Crippen LogP contribution in [-0.2, 0) is 28.6 Å². The molecule has 12 nitrogen and oxygen atoms in total. The molecule has 0 aromatic rings. The summed E-state index contributed by atoms with van der Waals surface area (Å²) in [6, 6.07) is 0. The first-order valence-corrected chi connectivity index (χ1v) is 7.21. The highest BCUT2D eigenvalue weighted by Crippen LogP contribution is 2.03. The summed E-state index contributed by atoms with van der Waals surface area (Å²) in [4.78, 5) is 58.0. The molecule has 0 bridgehead atoms. The van der Waals surface area contributed by atoms with Crippen LogP contribution in [0, 0.1) is 0 Å². The smallest absolute Gasteiger partial charge is 0.390 e. The lowest BCUT2D eigenvalue weighted by Crippen LogP contribution is -1.86. The van der Waals surface area contributed by atoms with Crippen molar-refractivity contribution in [2.24, 2.45) is 13.2 Å². The number of hydrogen-bond acceptors (Lipinski definition) is 15. The van der Waals surface area contributed by atoms with E-state index in [0.29, 0.717) is 35.8 Å². The van der Waals surface area contributed by atoms with E-state index < -0.39 is 15.9 Å². The topological polar surface area (TPSA) is 167 Å². The van der Waals surface area contributed by atoms with Gasteiger partial charge in [-0.2, -0.15) is 0 Å². The van der Waals surface area contributed by atoms with Gasteiger partial charge in [-0.25, -0.2) is 28.8 Å². The second kappa shape index (κ2) is 22.9. The molecule has 0 rings (SSSR count). The first-order valence-electron chi connectivity index (χ1n) is 4.89. The minimum Gasteiger partial charge on any atom is -0.460 e. The third-order valence-corrected chi connectivity index (χ3v) is 2.42. The average molecular weight is 399 g/mol. The normalized spacial score (nSPS) is 7.12. The lowest BCUT2D eigenvalue weighted by molar-refractivity contribution is 0.199. The van der Waals surface area contributed by atoms with Gasteiger partial charge in [0.15, 0.2) is 0 Å². The van der Waals surface area contributed by atoms with Crippen LogP contribution in [0.2, 0.25) is 0 Å². The number of ether oxygens (including phenoxy) is 3. The Bertz CT molecular complexity index is 462. The fourth-order valence-electron chi connectivity index (χ4n) is 0.280. The van der Waals surface area contributed by atoms with Crippen molar-refractivity contribution < 1.29 is 43.0 Å². The van der Waals surface area contributed by atoms with Crippen LogP contribution in [0.15, 0.2) is 13.2 Å². The number of nitrogens with zero attached hydrogens (tertiary/aromatic N) is 3. The van der Waals surface area contributed by atoms with Crippen LogP contribution in [0.25, 0.3) is 0 Å². The molecule has 0 fully saturated rings. The highest BCUT2D eigenvalue weighted by Gasteiger charge is 1.96. The van der Waals surface area contributed by atoms with Crippen LogP contribution in [0.5, 0.6) is 0 Å². The molecule has 0 spiro atoms. The van der Waals surface area contributed by atoms with Crippen LogP contribution < -0.4 is 0 Å². The predicted octanol–water partition coefficient (Wildman–Crippen LogP) is 2.21. The van der Waals surface area contributed by atoms with Gasteiger partial charge in [-0.05, 0) is 0 Å². The zero-order valence-corrected chi connectivity index (χ0v) is 14.7. The van der Waals surface area contributed by atoms with Gasteiger partial charge in [-0.1, -0.05) is 0 Å². The Morgan fingerprint density at radius 1 is 0.625 bits per heavy atom. The summed E-state index contributed by atoms with van der Waals surface area (Å²) in [7, 11) is 3.61. The minimum atomic E-state index is -0.617. The molecule has 0 unspecified atom stereocenters. The van der Waals surface area contributed by atoms with E-state index in [0.717, 1.165) is 0 Å². The highest BCUT2D eigenvalue weighted by atomic mass is 32.2. The molecule has 15 heteroatoms. The molecule has 0 aromatic heterocycles. The number of isocyanates is 3. The SMILES string of the molecule is COC(=O)SN=C=O.COC(=O)SN=C=O.COC(=O)SN=C=O. The Hall–Kier alpha value is -2.40. The number of methoxy groups -OCH3 is 3. The van der Waals surface area contributed by atoms with Crippen molar-refractivity contribution in [3.63, 3.8) is 0 Å². The van der Waals surface area contributed by atoms with Crippen molar-refractivity contribution in [1.82, 2.24) is 0 Å². The molecule has 0 aliphatic heterocycles. The molecule has 0 aliphatic carbocycles. The molecule has 0 amide bonds. The van der Waals surface area contributed by atoms with Gasteiger partial charge in [-0.3, -0.25) is 0 Å². The van der Waals surface area contributed by atoms with Crippen LogP contribution >= 0.6 is 35.8 Å². The Morgan fingerprint density at radius 2 is 0.833 bits per heavy atom. The first kappa shape index (κ1) is 26.5. The van der Waals surface area contributed by atoms with Crippen LogP contribution in [-0.4, -0.2) is 55.5 Å². The molecule has 0 heterocycles. The molecule has 0 saturated heterocycles. The van der Waals surface area contributed by atoms with Gasteiger partial charge < -0.3 is 14.2 Å². The van der Waals surface area contributed by atoms with Crippen molar-refractivity contribution in [3.8, 4) is 0 Å². The van der Waals surface area contributed by atoms with Crippen LogP contribution in [0.3, 0.4) is 0 Å². The van der Waals surface area contributed by atoms with Gasteiger partial charge >= 0.3 is 15.9 Å². The van der Waals surface area contributed by atoms with Crippen molar-refractivity contribution in [2.75, 3.05) is 21.3 Å². The van der Waals surface area contributed by atoms with E-state index in [4.69, 9.17) is 0 Å². The van der Waals surface area contributed by atoms with Crippen molar-refractivity contribution in [3.05, 3.63) is 0 Å². The summed E-state index contributed by atoms with van der Waals surface area (Å²) >= 11 is 1.25. The average Bonchev–Trinajstić information content (AvgIpc) is 2.62. The summed E-state index contributed by atoms with van der Waals surface area (Å²) < 4.78 is 20.9. The largest absolute Gasteiger partial charge is 0.460 e. The lowest BCUT2D eigenvalue weighted by Gasteiger charge is -1.85. The van der Waals surface area contributed by atoms with E-state index in [9.17, 15) is 28.8 Å². The Morgan fingerprint density at radius 3 is 0.958 bits per heavy atom. The molecule has 0 saturated carbocycles. The predicted molar refractivity (Wildman–Crippen MR) is 84.4 cm³/mol. The summed E-state index contributed by atoms with van der Waals surface area (Å²) in [5, 5.41) is -1.85. The maximum absolute atomic E-state index is 10.0. The molecule has 0 radical (unpaired) electrons. The van der Waals surface area contributed by atoms with Gasteiger partial charge in [0, 0.05) is 0 Å². The summed E-state index contributed by atoms with van der Waals surface area (Å²) in [6.07, 6.45) is 3.51. The zero-order chi connectivity index (χ0) is 19.2. The fourth-order valence-corrected chi connectivity index (χ4v) is 0.839. The monoisotopic (exact) mass is 399 g/mol. The summed E-state index contributed by atoms with van der Waals surface area (Å²) in [5.41, 5.74) is 0. The molecule has 0 N–H and O–H groups in total. The zero-order valence-electron chi connectivity index (χ0n) is 12.2. The van der Waals surface area contributed by atoms with E-state index in [2.05, 4.69) is 27.4 Å². The molecule has 24 heavy (non-hydrogen) atoms. The quantitative estimate of drug-likeness (QED) is 0.223. The Labute approximate surface area is 147 Å². The van der Waals surface area contributed by atoms with Crippen LogP contribution in [0.4, 0.5) is 14.4 Å². The van der Waals surface area contributed by atoms with Crippen LogP contribution in [0.1, 0.15) is 0 Å². The Balaban J connectivity index is -0.000000276. The van der Waals surface area contributed by atoms with E-state index in [1.807, 2.05) is 0 Å². The van der Waals surface area contributed by atoms with Crippen molar-refractivity contribution in [1.29, 1.82) is 0 Å². The van der Waals surface area contributed by atoms with Gasteiger partial charge in [0.05, 0.1) is 21.3 Å². The number of rotatable bonds is 3. The summed E-state index contributed by atoms with van der Waals surface area (Å²) in [5.74, 6) is 0. The fraction of sp³-hybridized carbons (Fsp3) is 0.333. The lowest BCUT2D eigenvalue weighted by atomic mass is 11.5. The van der Waals surface area contributed by atoms with Gasteiger partial charge in [0.1, 0.15) is 35.8 Å². The highest BCUT2D eigenvalue weighted by molar-refractivity contribution is 8.12. The molecule has 0 atom stereocenters. The van der Waals surface area contributed by atoms with Crippen molar-refractivity contribution in [2.45, 2.75) is 0 Å². The molecule has 132 valence electrons. The summed E-state index contributed by atoms with van der Waals surface area (Å²) in [6.45, 7) is 0. The third kappa shape index (κ3) is 27.9. The third-order valence-electron chi connectivity index (χ3n) is 0.972. The van der Waals surface area contributed by atoms with E-state index in [1.54, 1.807) is 0 Å². The molecule has 0 aliphatic rings.